The highest BCUT2D eigenvalue weighted by molar-refractivity contribution is 7.71. The number of non-ortho nitro benzene ring substituents is 1. The van der Waals surface area contributed by atoms with Gasteiger partial charge in [-0.2, -0.15) is 0 Å². The number of H-pyrrole nitrogens is 1. The fourth-order valence-corrected chi connectivity index (χ4v) is 2.75. The van der Waals surface area contributed by atoms with Gasteiger partial charge in [-0.1, -0.05) is 17.7 Å². The monoisotopic (exact) mass is 374 g/mol. The fourth-order valence-electron chi connectivity index (χ4n) is 2.26. The second-order valence-corrected chi connectivity index (χ2v) is 5.85. The van der Waals surface area contributed by atoms with Crippen molar-refractivity contribution in [1.82, 2.24) is 9.55 Å². The Morgan fingerprint density at radius 1 is 1.28 bits per heavy atom. The van der Waals surface area contributed by atoms with E-state index in [9.17, 15) is 14.9 Å². The molecule has 0 fully saturated rings. The van der Waals surface area contributed by atoms with Crippen molar-refractivity contribution in [2.24, 2.45) is 0 Å². The highest BCUT2D eigenvalue weighted by atomic mass is 35.5. The molecular weight excluding hydrogens is 364 g/mol. The minimum absolute atomic E-state index is 0.00992. The topological polar surface area (TPSA) is 93.0 Å². The molecule has 0 aliphatic rings. The number of benzene rings is 2. The van der Waals surface area contributed by atoms with Crippen molar-refractivity contribution in [3.05, 3.63) is 80.3 Å². The maximum absolute atomic E-state index is 12.4. The lowest BCUT2D eigenvalue weighted by Crippen LogP contribution is -2.12. The van der Waals surface area contributed by atoms with E-state index in [2.05, 4.69) is 10.3 Å². The number of carbonyl (C=O) groups excluding carboxylic acids is 1. The Kier molecular flexibility index (Phi) is 4.64. The van der Waals surface area contributed by atoms with E-state index in [0.717, 1.165) is 11.8 Å². The van der Waals surface area contributed by atoms with Crippen molar-refractivity contribution in [2.75, 3.05) is 5.32 Å². The number of nitro benzene ring substituents is 1. The van der Waals surface area contributed by atoms with Crippen LogP contribution in [0.4, 0.5) is 11.4 Å². The van der Waals surface area contributed by atoms with E-state index in [1.165, 1.54) is 12.1 Å². The summed E-state index contributed by atoms with van der Waals surface area (Å²) in [5.41, 5.74) is 1.29. The maximum atomic E-state index is 12.4. The zero-order valence-corrected chi connectivity index (χ0v) is 14.2. The van der Waals surface area contributed by atoms with Crippen LogP contribution in [-0.2, 0) is 0 Å². The highest BCUT2D eigenvalue weighted by Crippen LogP contribution is 2.24. The van der Waals surface area contributed by atoms with E-state index in [0.29, 0.717) is 10.5 Å². The first-order valence-electron chi connectivity index (χ1n) is 7.07. The summed E-state index contributed by atoms with van der Waals surface area (Å²) in [7, 11) is 0. The molecule has 0 bridgehead atoms. The summed E-state index contributed by atoms with van der Waals surface area (Å²) in [5.74, 6) is -0.463. The van der Waals surface area contributed by atoms with E-state index >= 15 is 0 Å². The van der Waals surface area contributed by atoms with Gasteiger partial charge in [0, 0.05) is 35.9 Å². The summed E-state index contributed by atoms with van der Waals surface area (Å²) < 4.78 is 2.28. The van der Waals surface area contributed by atoms with Crippen LogP contribution in [0.1, 0.15) is 10.4 Å². The predicted molar refractivity (Wildman–Crippen MR) is 97.0 cm³/mol. The quantitative estimate of drug-likeness (QED) is 0.403. The Morgan fingerprint density at radius 2 is 2.08 bits per heavy atom. The molecule has 7 nitrogen and oxygen atoms in total. The zero-order valence-electron chi connectivity index (χ0n) is 12.6. The van der Waals surface area contributed by atoms with Gasteiger partial charge in [-0.15, -0.1) is 0 Å². The minimum atomic E-state index is -0.572. The minimum Gasteiger partial charge on any atom is -0.337 e. The SMILES string of the molecule is O=C(Nc1cccc(-n2cc[nH]c2=S)c1)c1ccc([N+](=O)[O-])cc1Cl. The van der Waals surface area contributed by atoms with Crippen LogP contribution in [-0.4, -0.2) is 20.4 Å². The van der Waals surface area contributed by atoms with Gasteiger partial charge in [0.1, 0.15) is 0 Å². The van der Waals surface area contributed by atoms with Crippen molar-refractivity contribution in [1.29, 1.82) is 0 Å². The lowest BCUT2D eigenvalue weighted by atomic mass is 10.2. The summed E-state index contributed by atoms with van der Waals surface area (Å²) in [4.78, 5) is 25.4. The van der Waals surface area contributed by atoms with E-state index in [-0.39, 0.29) is 16.3 Å². The van der Waals surface area contributed by atoms with Crippen LogP contribution in [0.3, 0.4) is 0 Å². The van der Waals surface area contributed by atoms with Gasteiger partial charge in [-0.05, 0) is 36.5 Å². The number of amides is 1. The first-order valence-corrected chi connectivity index (χ1v) is 7.86. The van der Waals surface area contributed by atoms with Crippen LogP contribution in [0.5, 0.6) is 0 Å². The fraction of sp³-hybridized carbons (Fsp3) is 0. The molecule has 2 N–H and O–H groups in total. The van der Waals surface area contributed by atoms with E-state index in [1.54, 1.807) is 35.2 Å². The van der Waals surface area contributed by atoms with Crippen LogP contribution < -0.4 is 5.32 Å². The number of rotatable bonds is 4. The summed E-state index contributed by atoms with van der Waals surface area (Å²) in [6, 6.07) is 10.8. The van der Waals surface area contributed by atoms with Crippen LogP contribution in [0.15, 0.2) is 54.9 Å². The Bertz CT molecular complexity index is 1030. The van der Waals surface area contributed by atoms with Gasteiger partial charge in [0.15, 0.2) is 4.77 Å². The van der Waals surface area contributed by atoms with Gasteiger partial charge >= 0.3 is 0 Å². The molecule has 0 spiro atoms. The van der Waals surface area contributed by atoms with E-state index < -0.39 is 10.8 Å². The smallest absolute Gasteiger partial charge is 0.270 e. The summed E-state index contributed by atoms with van der Waals surface area (Å²) >= 11 is 11.2. The van der Waals surface area contributed by atoms with Crippen LogP contribution in [0.25, 0.3) is 5.69 Å². The summed E-state index contributed by atoms with van der Waals surface area (Å²) in [6.45, 7) is 0. The van der Waals surface area contributed by atoms with Gasteiger partial charge in [0.25, 0.3) is 11.6 Å². The van der Waals surface area contributed by atoms with E-state index in [4.69, 9.17) is 23.8 Å². The van der Waals surface area contributed by atoms with Crippen molar-refractivity contribution in [2.45, 2.75) is 0 Å². The van der Waals surface area contributed by atoms with Gasteiger partial charge in [0.05, 0.1) is 15.5 Å². The number of nitro groups is 1. The molecule has 25 heavy (non-hydrogen) atoms. The largest absolute Gasteiger partial charge is 0.337 e. The predicted octanol–water partition coefficient (Wildman–Crippen LogP) is 4.35. The number of aromatic amines is 1. The molecule has 1 heterocycles. The lowest BCUT2D eigenvalue weighted by Gasteiger charge is -2.09. The molecule has 1 amide bonds. The zero-order chi connectivity index (χ0) is 18.0. The average molecular weight is 375 g/mol. The van der Waals surface area contributed by atoms with Gasteiger partial charge in [0.2, 0.25) is 0 Å². The maximum Gasteiger partial charge on any atom is 0.270 e. The highest BCUT2D eigenvalue weighted by Gasteiger charge is 2.15. The third kappa shape index (κ3) is 3.59. The number of anilines is 1. The lowest BCUT2D eigenvalue weighted by molar-refractivity contribution is -0.384. The van der Waals surface area contributed by atoms with Crippen molar-refractivity contribution >= 4 is 41.1 Å². The normalized spacial score (nSPS) is 10.4. The molecule has 0 atom stereocenters. The van der Waals surface area contributed by atoms with E-state index in [1.807, 2.05) is 6.07 Å². The van der Waals surface area contributed by atoms with Crippen LogP contribution in [0, 0.1) is 14.9 Å². The number of halogens is 1. The molecule has 0 saturated heterocycles. The molecule has 126 valence electrons. The molecule has 0 aliphatic heterocycles. The third-order valence-electron chi connectivity index (χ3n) is 3.44. The number of imidazole rings is 1. The van der Waals surface area contributed by atoms with Crippen LogP contribution >= 0.6 is 23.8 Å². The Hall–Kier alpha value is -2.97. The Morgan fingerprint density at radius 3 is 2.72 bits per heavy atom. The van der Waals surface area contributed by atoms with Crippen molar-refractivity contribution < 1.29 is 9.72 Å². The molecule has 0 radical (unpaired) electrons. The summed E-state index contributed by atoms with van der Waals surface area (Å²) in [5, 5.41) is 13.5. The van der Waals surface area contributed by atoms with Gasteiger partial charge in [-0.25, -0.2) is 0 Å². The molecule has 0 unspecified atom stereocenters. The number of hydrogen-bond acceptors (Lipinski definition) is 4. The van der Waals surface area contributed by atoms with Crippen LogP contribution in [0.2, 0.25) is 5.02 Å². The van der Waals surface area contributed by atoms with Crippen molar-refractivity contribution in [3.63, 3.8) is 0 Å². The Labute approximate surface area is 152 Å². The Balaban J connectivity index is 1.86. The molecule has 3 aromatic rings. The molecule has 9 heteroatoms. The first kappa shape index (κ1) is 16.9. The number of nitrogens with zero attached hydrogens (tertiary/aromatic N) is 2. The van der Waals surface area contributed by atoms with Gasteiger partial charge in [-0.3, -0.25) is 19.5 Å². The number of aromatic nitrogens is 2. The van der Waals surface area contributed by atoms with Crippen molar-refractivity contribution in [3.8, 4) is 5.69 Å². The third-order valence-corrected chi connectivity index (χ3v) is 4.07. The molecule has 0 saturated carbocycles. The summed E-state index contributed by atoms with van der Waals surface area (Å²) in [6.07, 6.45) is 3.49. The number of hydrogen-bond donors (Lipinski definition) is 2. The second-order valence-electron chi connectivity index (χ2n) is 5.06. The molecule has 1 aromatic heterocycles. The first-order chi connectivity index (χ1) is 12.0. The number of carbonyl (C=O) groups is 1. The standard InChI is InChI=1S/C16H11ClN4O3S/c17-14-9-12(21(23)24)4-5-13(14)15(22)19-10-2-1-3-11(8-10)20-7-6-18-16(20)25/h1-9H,(H,18,25)(H,19,22). The molecular formula is C16H11ClN4O3S. The molecule has 2 aromatic carbocycles. The second kappa shape index (κ2) is 6.88. The molecule has 0 aliphatic carbocycles. The molecule has 3 rings (SSSR count). The average Bonchev–Trinajstić information content (AvgIpc) is 3.00. The van der Waals surface area contributed by atoms with Gasteiger partial charge < -0.3 is 10.3 Å². The number of nitrogens with one attached hydrogen (secondary N) is 2.